The topological polar surface area (TPSA) is 139 Å². The zero-order valence-electron chi connectivity index (χ0n) is 13.8. The van der Waals surface area contributed by atoms with Gasteiger partial charge in [0.2, 0.25) is 0 Å². The minimum Gasteiger partial charge on any atom is -0.477 e. The second kappa shape index (κ2) is 8.01. The van der Waals surface area contributed by atoms with Gasteiger partial charge >= 0.3 is 23.9 Å². The quantitative estimate of drug-likeness (QED) is 0.477. The zero-order chi connectivity index (χ0) is 19.3. The Bertz CT molecular complexity index is 911. The number of carboxylic acids is 1. The normalized spacial score (nSPS) is 10.2. The Kier molecular flexibility index (Phi) is 5.78. The van der Waals surface area contributed by atoms with E-state index in [2.05, 4.69) is 9.47 Å². The molecule has 10 nitrogen and oxygen atoms in total. The van der Waals surface area contributed by atoms with Gasteiger partial charge in [-0.3, -0.25) is 0 Å². The van der Waals surface area contributed by atoms with Gasteiger partial charge in [0.15, 0.2) is 11.5 Å². The zero-order valence-corrected chi connectivity index (χ0v) is 13.8. The van der Waals surface area contributed by atoms with Crippen LogP contribution in [-0.2, 0) is 9.47 Å². The fourth-order valence-electron chi connectivity index (χ4n) is 1.91. The Morgan fingerprint density at radius 2 is 1.50 bits per heavy atom. The molecule has 0 radical (unpaired) electrons. The monoisotopic (exact) mass is 366 g/mol. The van der Waals surface area contributed by atoms with Crippen LogP contribution in [0.5, 0.6) is 11.5 Å². The lowest BCUT2D eigenvalue weighted by molar-refractivity contribution is 0.0692. The number of hydrogen-bond acceptors (Lipinski definition) is 9. The van der Waals surface area contributed by atoms with Crippen molar-refractivity contribution < 1.29 is 42.9 Å². The van der Waals surface area contributed by atoms with Gasteiger partial charge in [0.25, 0.3) is 0 Å². The molecule has 0 aliphatic heterocycles. The second-order valence-electron chi connectivity index (χ2n) is 4.66. The van der Waals surface area contributed by atoms with E-state index in [0.717, 1.165) is 18.2 Å². The molecule has 0 bridgehead atoms. The fraction of sp³-hybridized carbons (Fsp3) is 0.250. The number of aromatic carboxylic acids is 1. The van der Waals surface area contributed by atoms with Crippen molar-refractivity contribution in [3.05, 3.63) is 34.2 Å². The molecule has 0 aliphatic rings. The van der Waals surface area contributed by atoms with Crippen molar-refractivity contribution in [2.24, 2.45) is 0 Å². The summed E-state index contributed by atoms with van der Waals surface area (Å²) >= 11 is 0. The SMILES string of the molecule is CCOC(=O)Oc1cc2cc(C(=O)O)c(=O)oc2cc1OC(=O)OCC. The van der Waals surface area contributed by atoms with Crippen LogP contribution in [0.3, 0.4) is 0 Å². The molecule has 1 N–H and O–H groups in total. The molecule has 0 saturated heterocycles. The lowest BCUT2D eigenvalue weighted by atomic mass is 10.1. The van der Waals surface area contributed by atoms with E-state index in [1.165, 1.54) is 0 Å². The van der Waals surface area contributed by atoms with Crippen molar-refractivity contribution in [2.75, 3.05) is 13.2 Å². The van der Waals surface area contributed by atoms with Crippen molar-refractivity contribution in [1.82, 2.24) is 0 Å². The molecular formula is C16H14O10. The smallest absolute Gasteiger partial charge is 0.477 e. The van der Waals surface area contributed by atoms with Crippen molar-refractivity contribution in [3.63, 3.8) is 0 Å². The van der Waals surface area contributed by atoms with E-state index in [0.29, 0.717) is 0 Å². The fourth-order valence-corrected chi connectivity index (χ4v) is 1.91. The van der Waals surface area contributed by atoms with Gasteiger partial charge in [-0.1, -0.05) is 0 Å². The molecular weight excluding hydrogens is 352 g/mol. The van der Waals surface area contributed by atoms with Gasteiger partial charge in [0.05, 0.1) is 13.2 Å². The molecule has 138 valence electrons. The van der Waals surface area contributed by atoms with E-state index in [1.54, 1.807) is 13.8 Å². The molecule has 10 heteroatoms. The Labute approximate surface area is 145 Å². The maximum atomic E-state index is 11.7. The third kappa shape index (κ3) is 4.29. The first-order valence-electron chi connectivity index (χ1n) is 7.40. The summed E-state index contributed by atoms with van der Waals surface area (Å²) in [7, 11) is 0. The van der Waals surface area contributed by atoms with Gasteiger partial charge < -0.3 is 28.5 Å². The van der Waals surface area contributed by atoms with Crippen LogP contribution in [0.15, 0.2) is 27.4 Å². The number of hydrogen-bond donors (Lipinski definition) is 1. The summed E-state index contributed by atoms with van der Waals surface area (Å²) in [6.07, 6.45) is -2.15. The van der Waals surface area contributed by atoms with E-state index in [-0.39, 0.29) is 35.7 Å². The predicted octanol–water partition coefficient (Wildman–Crippen LogP) is 2.56. The van der Waals surface area contributed by atoms with Gasteiger partial charge in [0, 0.05) is 11.5 Å². The Morgan fingerprint density at radius 3 is 2.00 bits per heavy atom. The van der Waals surface area contributed by atoms with Crippen molar-refractivity contribution in [1.29, 1.82) is 0 Å². The lowest BCUT2D eigenvalue weighted by Gasteiger charge is -2.11. The van der Waals surface area contributed by atoms with E-state index < -0.39 is 29.5 Å². The van der Waals surface area contributed by atoms with Crippen molar-refractivity contribution in [2.45, 2.75) is 13.8 Å². The van der Waals surface area contributed by atoms with Crippen LogP contribution >= 0.6 is 0 Å². The highest BCUT2D eigenvalue weighted by Gasteiger charge is 2.19. The van der Waals surface area contributed by atoms with Crippen LogP contribution in [0.25, 0.3) is 11.0 Å². The molecule has 1 heterocycles. The van der Waals surface area contributed by atoms with Crippen molar-refractivity contribution >= 4 is 29.2 Å². The summed E-state index contributed by atoms with van der Waals surface area (Å²) < 4.78 is 24.0. The van der Waals surface area contributed by atoms with Gasteiger partial charge in [-0.15, -0.1) is 0 Å². The highest BCUT2D eigenvalue weighted by molar-refractivity contribution is 5.92. The summed E-state index contributed by atoms with van der Waals surface area (Å²) in [5.74, 6) is -2.02. The number of rotatable bonds is 5. The number of ether oxygens (including phenoxy) is 4. The molecule has 0 aliphatic carbocycles. The van der Waals surface area contributed by atoms with Crippen LogP contribution in [0.1, 0.15) is 24.2 Å². The Balaban J connectivity index is 2.55. The van der Waals surface area contributed by atoms with Crippen LogP contribution < -0.4 is 15.1 Å². The molecule has 26 heavy (non-hydrogen) atoms. The standard InChI is InChI=1S/C16H14O10/c1-3-22-15(20)25-11-6-8-5-9(13(17)18)14(19)24-10(8)7-12(11)26-16(21)23-4-2/h5-7H,3-4H2,1-2H3,(H,17,18). The number of carbonyl (C=O) groups is 3. The second-order valence-corrected chi connectivity index (χ2v) is 4.66. The molecule has 1 aromatic heterocycles. The molecule has 0 amide bonds. The summed E-state index contributed by atoms with van der Waals surface area (Å²) in [6.45, 7) is 3.20. The number of benzene rings is 1. The third-order valence-electron chi connectivity index (χ3n) is 2.94. The highest BCUT2D eigenvalue weighted by Crippen LogP contribution is 2.33. The van der Waals surface area contributed by atoms with Gasteiger partial charge in [-0.05, 0) is 26.0 Å². The highest BCUT2D eigenvalue weighted by atomic mass is 16.7. The lowest BCUT2D eigenvalue weighted by Crippen LogP contribution is -2.15. The summed E-state index contributed by atoms with van der Waals surface area (Å²) in [5, 5.41) is 9.11. The van der Waals surface area contributed by atoms with Crippen LogP contribution in [-0.4, -0.2) is 36.6 Å². The third-order valence-corrected chi connectivity index (χ3v) is 2.94. The Hall–Kier alpha value is -3.56. The molecule has 0 spiro atoms. The molecule has 2 rings (SSSR count). The average Bonchev–Trinajstić information content (AvgIpc) is 2.55. The van der Waals surface area contributed by atoms with E-state index in [1.807, 2.05) is 0 Å². The van der Waals surface area contributed by atoms with E-state index >= 15 is 0 Å². The molecule has 1 aromatic carbocycles. The maximum Gasteiger partial charge on any atom is 0.513 e. The molecule has 2 aromatic rings. The minimum absolute atomic E-state index is 0.0392. The van der Waals surface area contributed by atoms with Crippen LogP contribution in [0, 0.1) is 0 Å². The Morgan fingerprint density at radius 1 is 0.962 bits per heavy atom. The molecule has 0 unspecified atom stereocenters. The summed E-state index contributed by atoms with van der Waals surface area (Å²) in [6, 6.07) is 3.29. The molecule has 0 saturated carbocycles. The van der Waals surface area contributed by atoms with Crippen molar-refractivity contribution in [3.8, 4) is 11.5 Å². The number of fused-ring (bicyclic) bond motifs is 1. The summed E-state index contributed by atoms with van der Waals surface area (Å²) in [4.78, 5) is 45.8. The number of carbonyl (C=O) groups excluding carboxylic acids is 2. The van der Waals surface area contributed by atoms with Crippen LogP contribution in [0.2, 0.25) is 0 Å². The van der Waals surface area contributed by atoms with Crippen LogP contribution in [0.4, 0.5) is 9.59 Å². The van der Waals surface area contributed by atoms with E-state index in [4.69, 9.17) is 19.0 Å². The molecule has 0 atom stereocenters. The van der Waals surface area contributed by atoms with Gasteiger partial charge in [-0.25, -0.2) is 19.2 Å². The largest absolute Gasteiger partial charge is 0.513 e. The maximum absolute atomic E-state index is 11.7. The summed E-state index contributed by atoms with van der Waals surface area (Å²) in [5.41, 5.74) is -1.79. The first-order chi connectivity index (χ1) is 12.3. The minimum atomic E-state index is -1.49. The number of carboxylic acid groups (broad SMARTS) is 1. The molecule has 0 fully saturated rings. The average molecular weight is 366 g/mol. The van der Waals surface area contributed by atoms with E-state index in [9.17, 15) is 19.2 Å². The van der Waals surface area contributed by atoms with Gasteiger partial charge in [0.1, 0.15) is 11.1 Å². The first kappa shape index (κ1) is 18.8. The van der Waals surface area contributed by atoms with Gasteiger partial charge in [-0.2, -0.15) is 0 Å². The first-order valence-corrected chi connectivity index (χ1v) is 7.40. The predicted molar refractivity (Wildman–Crippen MR) is 84.7 cm³/mol.